The van der Waals surface area contributed by atoms with Gasteiger partial charge < -0.3 is 5.32 Å². The number of hydrogen-bond donors (Lipinski definition) is 1. The predicted octanol–water partition coefficient (Wildman–Crippen LogP) is 3.34. The number of benzene rings is 1. The summed E-state index contributed by atoms with van der Waals surface area (Å²) in [4.78, 5) is 5.07. The zero-order valence-corrected chi connectivity index (χ0v) is 9.44. The zero-order valence-electron chi connectivity index (χ0n) is 8.63. The highest BCUT2D eigenvalue weighted by atomic mass is 32.1. The molecule has 2 nitrogen and oxygen atoms in total. The molecule has 2 aromatic rings. The number of nitrogens with one attached hydrogen (secondary N) is 1. The first-order valence-electron chi connectivity index (χ1n) is 4.75. The van der Waals surface area contributed by atoms with Gasteiger partial charge in [0.05, 0.1) is 17.2 Å². The van der Waals surface area contributed by atoms with Gasteiger partial charge in [-0.3, -0.25) is 0 Å². The monoisotopic (exact) mass is 240 g/mol. The normalized spacial score (nSPS) is 10.4. The summed E-state index contributed by atoms with van der Waals surface area (Å²) in [6, 6.07) is 3.34. The lowest BCUT2D eigenvalue weighted by molar-refractivity contribution is 0.602. The number of halogens is 2. The van der Waals surface area contributed by atoms with Crippen molar-refractivity contribution in [2.75, 3.05) is 5.32 Å². The van der Waals surface area contributed by atoms with Crippen LogP contribution in [-0.4, -0.2) is 4.98 Å². The molecule has 1 aromatic carbocycles. The highest BCUT2D eigenvalue weighted by Crippen LogP contribution is 2.18. The Morgan fingerprint density at radius 2 is 2.19 bits per heavy atom. The number of nitrogens with zero attached hydrogens (tertiary/aromatic N) is 1. The standard InChI is InChI=1S/C11H10F2N2S/c1-7-14-5-9(16-7)6-15-11-4-8(12)2-3-10(11)13/h2-5,15H,6H2,1H3. The Morgan fingerprint density at radius 1 is 1.38 bits per heavy atom. The first-order chi connectivity index (χ1) is 7.65. The van der Waals surface area contributed by atoms with E-state index in [9.17, 15) is 8.78 Å². The molecule has 1 heterocycles. The maximum Gasteiger partial charge on any atom is 0.146 e. The second-order valence-electron chi connectivity index (χ2n) is 3.32. The molecule has 0 unspecified atom stereocenters. The summed E-state index contributed by atoms with van der Waals surface area (Å²) >= 11 is 1.53. The van der Waals surface area contributed by atoms with Crippen molar-refractivity contribution in [3.05, 3.63) is 45.9 Å². The van der Waals surface area contributed by atoms with Crippen molar-refractivity contribution in [2.45, 2.75) is 13.5 Å². The molecule has 0 aliphatic carbocycles. The van der Waals surface area contributed by atoms with Crippen LogP contribution in [0.5, 0.6) is 0 Å². The highest BCUT2D eigenvalue weighted by Gasteiger charge is 2.04. The molecule has 0 spiro atoms. The van der Waals surface area contributed by atoms with E-state index in [1.807, 2.05) is 6.92 Å². The molecule has 2 rings (SSSR count). The minimum atomic E-state index is -0.456. The fourth-order valence-electron chi connectivity index (χ4n) is 1.30. The maximum absolute atomic E-state index is 13.2. The van der Waals surface area contributed by atoms with Gasteiger partial charge in [-0.15, -0.1) is 11.3 Å². The van der Waals surface area contributed by atoms with Crippen LogP contribution >= 0.6 is 11.3 Å². The average Bonchev–Trinajstić information content (AvgIpc) is 2.66. The number of anilines is 1. The summed E-state index contributed by atoms with van der Waals surface area (Å²) in [5.74, 6) is -0.910. The summed E-state index contributed by atoms with van der Waals surface area (Å²) in [5, 5.41) is 3.79. The summed E-state index contributed by atoms with van der Waals surface area (Å²) in [5.41, 5.74) is 0.172. The molecule has 0 saturated carbocycles. The van der Waals surface area contributed by atoms with Gasteiger partial charge in [-0.2, -0.15) is 0 Å². The lowest BCUT2D eigenvalue weighted by Gasteiger charge is -2.05. The Morgan fingerprint density at radius 3 is 2.88 bits per heavy atom. The van der Waals surface area contributed by atoms with Gasteiger partial charge in [0, 0.05) is 11.1 Å². The maximum atomic E-state index is 13.2. The van der Waals surface area contributed by atoms with E-state index in [1.165, 1.54) is 11.3 Å². The molecule has 5 heteroatoms. The van der Waals surface area contributed by atoms with Crippen molar-refractivity contribution in [2.24, 2.45) is 0 Å². The van der Waals surface area contributed by atoms with Crippen LogP contribution in [0.4, 0.5) is 14.5 Å². The van der Waals surface area contributed by atoms with Gasteiger partial charge in [0.2, 0.25) is 0 Å². The fraction of sp³-hybridized carbons (Fsp3) is 0.182. The summed E-state index contributed by atoms with van der Waals surface area (Å²) in [7, 11) is 0. The Balaban J connectivity index is 2.07. The van der Waals surface area contributed by atoms with Crippen LogP contribution in [-0.2, 0) is 6.54 Å². The van der Waals surface area contributed by atoms with Crippen molar-refractivity contribution >= 4 is 17.0 Å². The number of hydrogen-bond acceptors (Lipinski definition) is 3. The average molecular weight is 240 g/mol. The van der Waals surface area contributed by atoms with Crippen molar-refractivity contribution in [3.63, 3.8) is 0 Å². The first-order valence-corrected chi connectivity index (χ1v) is 5.57. The summed E-state index contributed by atoms with van der Waals surface area (Å²) in [6.07, 6.45) is 1.73. The lowest BCUT2D eigenvalue weighted by atomic mass is 10.3. The molecular formula is C11H10F2N2S. The molecule has 16 heavy (non-hydrogen) atoms. The fourth-order valence-corrected chi connectivity index (χ4v) is 2.04. The third-order valence-electron chi connectivity index (χ3n) is 2.05. The molecular weight excluding hydrogens is 230 g/mol. The molecule has 0 amide bonds. The smallest absolute Gasteiger partial charge is 0.146 e. The van der Waals surface area contributed by atoms with Gasteiger partial charge in [-0.25, -0.2) is 13.8 Å². The van der Waals surface area contributed by atoms with E-state index in [1.54, 1.807) is 6.20 Å². The number of aryl methyl sites for hydroxylation is 1. The van der Waals surface area contributed by atoms with Crippen LogP contribution in [0.1, 0.15) is 9.88 Å². The SMILES string of the molecule is Cc1ncc(CNc2cc(F)ccc2F)s1. The molecule has 0 atom stereocenters. The second kappa shape index (κ2) is 4.57. The van der Waals surface area contributed by atoms with Crippen molar-refractivity contribution in [3.8, 4) is 0 Å². The van der Waals surface area contributed by atoms with E-state index in [2.05, 4.69) is 10.3 Å². The molecule has 0 radical (unpaired) electrons. The predicted molar refractivity (Wildman–Crippen MR) is 60.5 cm³/mol. The Labute approximate surface area is 96.0 Å². The molecule has 0 fully saturated rings. The van der Waals surface area contributed by atoms with Crippen LogP contribution in [0.2, 0.25) is 0 Å². The van der Waals surface area contributed by atoms with E-state index < -0.39 is 11.6 Å². The van der Waals surface area contributed by atoms with Crippen LogP contribution < -0.4 is 5.32 Å². The minimum Gasteiger partial charge on any atom is -0.378 e. The van der Waals surface area contributed by atoms with Gasteiger partial charge in [0.15, 0.2) is 0 Å². The molecule has 1 aromatic heterocycles. The molecule has 0 aliphatic heterocycles. The summed E-state index contributed by atoms with van der Waals surface area (Å²) in [6.45, 7) is 2.35. The van der Waals surface area contributed by atoms with E-state index in [0.717, 1.165) is 28.1 Å². The third kappa shape index (κ3) is 2.55. The van der Waals surface area contributed by atoms with E-state index in [-0.39, 0.29) is 5.69 Å². The van der Waals surface area contributed by atoms with Gasteiger partial charge in [0.1, 0.15) is 11.6 Å². The lowest BCUT2D eigenvalue weighted by Crippen LogP contribution is -2.00. The van der Waals surface area contributed by atoms with Crippen LogP contribution in [0.15, 0.2) is 24.4 Å². The first kappa shape index (κ1) is 11.0. The quantitative estimate of drug-likeness (QED) is 0.890. The largest absolute Gasteiger partial charge is 0.378 e. The van der Waals surface area contributed by atoms with Crippen LogP contribution in [0, 0.1) is 18.6 Å². The van der Waals surface area contributed by atoms with Crippen molar-refractivity contribution in [1.82, 2.24) is 4.98 Å². The molecule has 0 aliphatic rings. The Kier molecular flexibility index (Phi) is 3.14. The number of aromatic nitrogens is 1. The van der Waals surface area contributed by atoms with Crippen molar-refractivity contribution < 1.29 is 8.78 Å². The second-order valence-corrected chi connectivity index (χ2v) is 4.64. The van der Waals surface area contributed by atoms with Gasteiger partial charge in [-0.1, -0.05) is 0 Å². The summed E-state index contributed by atoms with van der Waals surface area (Å²) < 4.78 is 26.1. The minimum absolute atomic E-state index is 0.172. The third-order valence-corrected chi connectivity index (χ3v) is 2.96. The van der Waals surface area contributed by atoms with E-state index >= 15 is 0 Å². The topological polar surface area (TPSA) is 24.9 Å². The van der Waals surface area contributed by atoms with E-state index in [0.29, 0.717) is 6.54 Å². The zero-order chi connectivity index (χ0) is 11.5. The molecule has 0 bridgehead atoms. The van der Waals surface area contributed by atoms with Crippen LogP contribution in [0.25, 0.3) is 0 Å². The number of rotatable bonds is 3. The van der Waals surface area contributed by atoms with Crippen LogP contribution in [0.3, 0.4) is 0 Å². The Hall–Kier alpha value is -1.49. The highest BCUT2D eigenvalue weighted by molar-refractivity contribution is 7.11. The van der Waals surface area contributed by atoms with E-state index in [4.69, 9.17) is 0 Å². The number of thiazole rings is 1. The molecule has 1 N–H and O–H groups in total. The molecule has 0 saturated heterocycles. The molecule has 84 valence electrons. The van der Waals surface area contributed by atoms with Crippen molar-refractivity contribution in [1.29, 1.82) is 0 Å². The Bertz CT molecular complexity index is 496. The van der Waals surface area contributed by atoms with Gasteiger partial charge >= 0.3 is 0 Å². The van der Waals surface area contributed by atoms with Gasteiger partial charge in [0.25, 0.3) is 0 Å². The van der Waals surface area contributed by atoms with Gasteiger partial charge in [-0.05, 0) is 25.1 Å².